The van der Waals surface area contributed by atoms with Crippen LogP contribution in [0.3, 0.4) is 0 Å². The average molecular weight is 273 g/mol. The minimum atomic E-state index is -0.164. The van der Waals surface area contributed by atoms with Gasteiger partial charge in [0.15, 0.2) is 5.58 Å². The van der Waals surface area contributed by atoms with Crippen LogP contribution in [0.4, 0.5) is 6.01 Å². The van der Waals surface area contributed by atoms with E-state index in [0.29, 0.717) is 34.8 Å². The van der Waals surface area contributed by atoms with E-state index >= 15 is 0 Å². The molecule has 0 atom stereocenters. The molecule has 0 unspecified atom stereocenters. The van der Waals surface area contributed by atoms with Gasteiger partial charge in [-0.3, -0.25) is 10.1 Å². The van der Waals surface area contributed by atoms with Crippen LogP contribution >= 0.6 is 23.2 Å². The van der Waals surface area contributed by atoms with Crippen LogP contribution in [0, 0.1) is 0 Å². The monoisotopic (exact) mass is 272 g/mol. The number of nitrogens with zero attached hydrogens (tertiary/aromatic N) is 1. The molecule has 1 N–H and O–H groups in total. The normalized spacial score (nSPS) is 10.7. The Kier molecular flexibility index (Phi) is 3.86. The molecule has 6 heteroatoms. The van der Waals surface area contributed by atoms with Gasteiger partial charge in [0.05, 0.1) is 0 Å². The molecule has 90 valence electrons. The number of carbonyl (C=O) groups is 1. The van der Waals surface area contributed by atoms with Gasteiger partial charge in [0.25, 0.3) is 0 Å². The number of benzene rings is 1. The van der Waals surface area contributed by atoms with E-state index in [1.54, 1.807) is 18.2 Å². The Labute approximate surface area is 108 Å². The Morgan fingerprint density at radius 3 is 3.06 bits per heavy atom. The highest BCUT2D eigenvalue weighted by Gasteiger charge is 2.09. The number of hydrogen-bond donors (Lipinski definition) is 1. The summed E-state index contributed by atoms with van der Waals surface area (Å²) in [6, 6.07) is 5.27. The fourth-order valence-corrected chi connectivity index (χ4v) is 1.66. The highest BCUT2D eigenvalue weighted by Crippen LogP contribution is 2.22. The number of aromatic nitrogens is 1. The van der Waals surface area contributed by atoms with Gasteiger partial charge < -0.3 is 4.42 Å². The molecule has 1 amide bonds. The zero-order chi connectivity index (χ0) is 12.3. The van der Waals surface area contributed by atoms with Crippen molar-refractivity contribution in [3.8, 4) is 0 Å². The van der Waals surface area contributed by atoms with Crippen LogP contribution in [-0.4, -0.2) is 16.8 Å². The second-order valence-corrected chi connectivity index (χ2v) is 4.29. The van der Waals surface area contributed by atoms with Crippen LogP contribution in [0.25, 0.3) is 11.1 Å². The fourth-order valence-electron chi connectivity index (χ4n) is 1.36. The average Bonchev–Trinajstić information content (AvgIpc) is 2.67. The maximum atomic E-state index is 11.4. The molecular formula is C11H10Cl2N2O2. The van der Waals surface area contributed by atoms with Gasteiger partial charge >= 0.3 is 6.01 Å². The number of halogens is 2. The summed E-state index contributed by atoms with van der Waals surface area (Å²) in [6.45, 7) is 0. The third kappa shape index (κ3) is 3.11. The molecule has 0 saturated carbocycles. The Morgan fingerprint density at radius 2 is 2.29 bits per heavy atom. The first-order valence-electron chi connectivity index (χ1n) is 5.11. The lowest BCUT2D eigenvalue weighted by molar-refractivity contribution is -0.116. The molecule has 2 aromatic rings. The standard InChI is InChI=1S/C11H10Cl2N2O2/c12-5-1-2-10(16)15-11-14-8-6-7(13)3-4-9(8)17-11/h3-4,6H,1-2,5H2,(H,14,15,16). The molecule has 0 spiro atoms. The Hall–Kier alpha value is -1.26. The molecule has 4 nitrogen and oxygen atoms in total. The summed E-state index contributed by atoms with van der Waals surface area (Å²) in [6.07, 6.45) is 0.975. The molecule has 1 aromatic carbocycles. The van der Waals surface area contributed by atoms with E-state index in [9.17, 15) is 4.79 Å². The number of carbonyl (C=O) groups excluding carboxylic acids is 1. The van der Waals surface area contributed by atoms with E-state index < -0.39 is 0 Å². The number of nitrogens with one attached hydrogen (secondary N) is 1. The molecule has 0 aliphatic heterocycles. The third-order valence-corrected chi connectivity index (χ3v) is 2.64. The van der Waals surface area contributed by atoms with Crippen LogP contribution in [0.5, 0.6) is 0 Å². The summed E-state index contributed by atoms with van der Waals surface area (Å²) in [4.78, 5) is 15.5. The van der Waals surface area contributed by atoms with E-state index in [2.05, 4.69) is 10.3 Å². The maximum absolute atomic E-state index is 11.4. The molecule has 1 aromatic heterocycles. The molecule has 1 heterocycles. The van der Waals surface area contributed by atoms with Crippen LogP contribution in [0.15, 0.2) is 22.6 Å². The first-order valence-corrected chi connectivity index (χ1v) is 6.02. The fraction of sp³-hybridized carbons (Fsp3) is 0.273. The van der Waals surface area contributed by atoms with Crippen molar-refractivity contribution in [3.63, 3.8) is 0 Å². The molecule has 0 bridgehead atoms. The summed E-state index contributed by atoms with van der Waals surface area (Å²) >= 11 is 11.3. The molecular weight excluding hydrogens is 263 g/mol. The van der Waals surface area contributed by atoms with Crippen LogP contribution in [0.2, 0.25) is 5.02 Å². The quantitative estimate of drug-likeness (QED) is 0.868. The molecule has 0 aliphatic carbocycles. The van der Waals surface area contributed by atoms with Gasteiger partial charge in [0.2, 0.25) is 5.91 Å². The topological polar surface area (TPSA) is 55.1 Å². The van der Waals surface area contributed by atoms with Gasteiger partial charge in [0.1, 0.15) is 5.52 Å². The lowest BCUT2D eigenvalue weighted by atomic mass is 10.3. The number of hydrogen-bond acceptors (Lipinski definition) is 3. The lowest BCUT2D eigenvalue weighted by Gasteiger charge is -1.97. The van der Waals surface area contributed by atoms with E-state index in [-0.39, 0.29) is 11.9 Å². The van der Waals surface area contributed by atoms with E-state index in [0.717, 1.165) is 0 Å². The van der Waals surface area contributed by atoms with Crippen molar-refractivity contribution in [1.82, 2.24) is 4.98 Å². The smallest absolute Gasteiger partial charge is 0.302 e. The van der Waals surface area contributed by atoms with Crippen LogP contribution < -0.4 is 5.32 Å². The largest absolute Gasteiger partial charge is 0.423 e. The van der Waals surface area contributed by atoms with Crippen molar-refractivity contribution >= 4 is 46.2 Å². The first kappa shape index (κ1) is 12.2. The van der Waals surface area contributed by atoms with Gasteiger partial charge in [-0.15, -0.1) is 11.6 Å². The molecule has 17 heavy (non-hydrogen) atoms. The van der Waals surface area contributed by atoms with Crippen molar-refractivity contribution in [1.29, 1.82) is 0 Å². The molecule has 2 rings (SSSR count). The van der Waals surface area contributed by atoms with E-state index in [1.165, 1.54) is 0 Å². The number of anilines is 1. The van der Waals surface area contributed by atoms with Crippen LogP contribution in [0.1, 0.15) is 12.8 Å². The number of amides is 1. The minimum Gasteiger partial charge on any atom is -0.423 e. The predicted molar refractivity (Wildman–Crippen MR) is 67.6 cm³/mol. The number of alkyl halides is 1. The second kappa shape index (κ2) is 5.38. The Balaban J connectivity index is 2.11. The third-order valence-electron chi connectivity index (χ3n) is 2.13. The van der Waals surface area contributed by atoms with Crippen molar-refractivity contribution in [2.45, 2.75) is 12.8 Å². The molecule has 0 saturated heterocycles. The minimum absolute atomic E-state index is 0.164. The maximum Gasteiger partial charge on any atom is 0.302 e. The number of oxazole rings is 1. The zero-order valence-electron chi connectivity index (χ0n) is 8.87. The van der Waals surface area contributed by atoms with Gasteiger partial charge in [-0.25, -0.2) is 0 Å². The summed E-state index contributed by atoms with van der Waals surface area (Å²) in [7, 11) is 0. The highest BCUT2D eigenvalue weighted by molar-refractivity contribution is 6.31. The second-order valence-electron chi connectivity index (χ2n) is 3.47. The van der Waals surface area contributed by atoms with Gasteiger partial charge in [-0.05, 0) is 24.6 Å². The van der Waals surface area contributed by atoms with Crippen molar-refractivity contribution < 1.29 is 9.21 Å². The Bertz CT molecular complexity index is 539. The first-order chi connectivity index (χ1) is 8.19. The van der Waals surface area contributed by atoms with Crippen LogP contribution in [-0.2, 0) is 4.79 Å². The Morgan fingerprint density at radius 1 is 1.47 bits per heavy atom. The highest BCUT2D eigenvalue weighted by atomic mass is 35.5. The van der Waals surface area contributed by atoms with Crippen molar-refractivity contribution in [2.24, 2.45) is 0 Å². The van der Waals surface area contributed by atoms with E-state index in [1.807, 2.05) is 0 Å². The summed E-state index contributed by atoms with van der Waals surface area (Å²) in [5, 5.41) is 3.14. The summed E-state index contributed by atoms with van der Waals surface area (Å²) < 4.78 is 5.34. The SMILES string of the molecule is O=C(CCCCl)Nc1nc2cc(Cl)ccc2o1. The molecule has 0 aliphatic rings. The van der Waals surface area contributed by atoms with Gasteiger partial charge in [0, 0.05) is 17.3 Å². The van der Waals surface area contributed by atoms with E-state index in [4.69, 9.17) is 27.6 Å². The summed E-state index contributed by atoms with van der Waals surface area (Å²) in [5.74, 6) is 0.291. The molecule has 0 fully saturated rings. The predicted octanol–water partition coefficient (Wildman–Crippen LogP) is 3.44. The number of rotatable bonds is 4. The lowest BCUT2D eigenvalue weighted by Crippen LogP contribution is -2.11. The summed E-state index contributed by atoms with van der Waals surface area (Å²) in [5.41, 5.74) is 1.20. The zero-order valence-corrected chi connectivity index (χ0v) is 10.4. The van der Waals surface area contributed by atoms with Crippen molar-refractivity contribution in [3.05, 3.63) is 23.2 Å². The van der Waals surface area contributed by atoms with Crippen molar-refractivity contribution in [2.75, 3.05) is 11.2 Å². The van der Waals surface area contributed by atoms with Gasteiger partial charge in [-0.2, -0.15) is 4.98 Å². The number of fused-ring (bicyclic) bond motifs is 1. The van der Waals surface area contributed by atoms with Gasteiger partial charge in [-0.1, -0.05) is 11.6 Å². The molecule has 0 radical (unpaired) electrons.